The van der Waals surface area contributed by atoms with Gasteiger partial charge >= 0.3 is 0 Å². The summed E-state index contributed by atoms with van der Waals surface area (Å²) in [6.45, 7) is 8.37. The van der Waals surface area contributed by atoms with Crippen LogP contribution < -0.4 is 14.4 Å². The highest BCUT2D eigenvalue weighted by Crippen LogP contribution is 2.44. The lowest BCUT2D eigenvalue weighted by Crippen LogP contribution is -2.47. The summed E-state index contributed by atoms with van der Waals surface area (Å²) in [5, 5.41) is 11.8. The van der Waals surface area contributed by atoms with Crippen LogP contribution in [0.5, 0.6) is 5.75 Å². The number of fused-ring (bicyclic) bond motifs is 2. The molecule has 1 aliphatic carbocycles. The Bertz CT molecular complexity index is 1300. The van der Waals surface area contributed by atoms with Gasteiger partial charge in [0.2, 0.25) is 0 Å². The van der Waals surface area contributed by atoms with Gasteiger partial charge in [0.25, 0.3) is 5.91 Å². The predicted molar refractivity (Wildman–Crippen MR) is 163 cm³/mol. The molecule has 2 aromatic rings. The van der Waals surface area contributed by atoms with Crippen molar-refractivity contribution in [3.05, 3.63) is 70.3 Å². The van der Waals surface area contributed by atoms with Gasteiger partial charge in [-0.3, -0.25) is 9.52 Å². The SMILES string of the molecule is CCCc1cc(Cl)ccc1C1(C)COc2ccc3cc2N(CC2CCC2C(O)/C=C/CC(C)CS(=O)NC3=O)C1. The molecule has 2 N–H and O–H groups in total. The van der Waals surface area contributed by atoms with Crippen LogP contribution in [0.4, 0.5) is 5.69 Å². The van der Waals surface area contributed by atoms with E-state index in [4.69, 9.17) is 16.3 Å². The third-order valence-electron chi connectivity index (χ3n) is 8.77. The molecule has 2 heterocycles. The molecule has 0 spiro atoms. The van der Waals surface area contributed by atoms with E-state index in [0.29, 0.717) is 36.8 Å². The number of rotatable bonds is 3. The first-order valence-corrected chi connectivity index (χ1v) is 16.2. The molecule has 2 bridgehead atoms. The largest absolute Gasteiger partial charge is 0.490 e. The van der Waals surface area contributed by atoms with Crippen molar-refractivity contribution in [2.75, 3.05) is 30.3 Å². The Hall–Kier alpha value is -2.35. The van der Waals surface area contributed by atoms with E-state index >= 15 is 0 Å². The smallest absolute Gasteiger partial charge is 0.263 e. The lowest BCUT2D eigenvalue weighted by Gasteiger charge is -2.44. The number of ether oxygens (including phenoxy) is 1. The minimum atomic E-state index is -1.49. The number of nitrogens with zero attached hydrogens (tertiary/aromatic N) is 1. The maximum absolute atomic E-state index is 13.1. The zero-order valence-electron chi connectivity index (χ0n) is 23.7. The van der Waals surface area contributed by atoms with Crippen molar-refractivity contribution >= 4 is 34.2 Å². The van der Waals surface area contributed by atoms with Crippen LogP contribution in [0.15, 0.2) is 48.6 Å². The molecule has 5 rings (SSSR count). The summed E-state index contributed by atoms with van der Waals surface area (Å²) in [5.41, 5.74) is 3.47. The van der Waals surface area contributed by atoms with Crippen LogP contribution in [0.2, 0.25) is 5.02 Å². The van der Waals surface area contributed by atoms with Crippen LogP contribution in [0.3, 0.4) is 0 Å². The van der Waals surface area contributed by atoms with Gasteiger partial charge < -0.3 is 14.7 Å². The van der Waals surface area contributed by atoms with Crippen LogP contribution in [-0.4, -0.2) is 46.8 Å². The summed E-state index contributed by atoms with van der Waals surface area (Å²) in [5.74, 6) is 1.38. The van der Waals surface area contributed by atoms with Crippen molar-refractivity contribution in [2.45, 2.75) is 64.4 Å². The van der Waals surface area contributed by atoms with E-state index in [0.717, 1.165) is 48.7 Å². The number of carbonyl (C=O) groups is 1. The van der Waals surface area contributed by atoms with Gasteiger partial charge in [-0.2, -0.15) is 0 Å². The third kappa shape index (κ3) is 6.27. The molecule has 2 aromatic carbocycles. The third-order valence-corrected chi connectivity index (χ3v) is 10.3. The molecule has 6 atom stereocenters. The highest BCUT2D eigenvalue weighted by molar-refractivity contribution is 7.83. The molecule has 1 amide bonds. The lowest BCUT2D eigenvalue weighted by molar-refractivity contribution is 0.0458. The molecular formula is C32H41ClN2O4S. The van der Waals surface area contributed by atoms with Gasteiger partial charge in [0.15, 0.2) is 0 Å². The van der Waals surface area contributed by atoms with Crippen LogP contribution in [0.1, 0.15) is 67.9 Å². The first-order chi connectivity index (χ1) is 19.2. The standard InChI is InChI=1S/C32H41ClN2O4S/c1-4-6-22-15-25(33)11-13-27(22)32(3)19-35-17-24-9-12-26(24)29(36)8-5-7-21(2)18-40(38)34-31(37)23-10-14-30(39-20-32)28(35)16-23/h5,8,10-11,13-16,21,24,26,29,36H,4,6-7,9,12,17-20H2,1-3H3,(H,34,37)/b8-5+. The Morgan fingerprint density at radius 2 is 2.05 bits per heavy atom. The topological polar surface area (TPSA) is 78.9 Å². The average Bonchev–Trinajstić information content (AvgIpc) is 3.02. The number of carbonyl (C=O) groups excluding carboxylic acids is 1. The number of halogens is 1. The fourth-order valence-electron chi connectivity index (χ4n) is 6.45. The number of anilines is 1. The van der Waals surface area contributed by atoms with Crippen LogP contribution in [0, 0.1) is 17.8 Å². The number of amides is 1. The Kier molecular flexibility index (Phi) is 8.93. The monoisotopic (exact) mass is 584 g/mol. The van der Waals surface area contributed by atoms with E-state index in [1.54, 1.807) is 6.07 Å². The number of allylic oxidation sites excluding steroid dienone is 1. The molecule has 3 aliphatic rings. The summed E-state index contributed by atoms with van der Waals surface area (Å²) >= 11 is 6.41. The number of nitrogens with one attached hydrogen (secondary N) is 1. The molecule has 1 saturated carbocycles. The van der Waals surface area contributed by atoms with E-state index in [-0.39, 0.29) is 23.2 Å². The molecule has 6 unspecified atom stereocenters. The van der Waals surface area contributed by atoms with Crippen molar-refractivity contribution in [3.8, 4) is 5.75 Å². The second-order valence-electron chi connectivity index (χ2n) is 12.2. The van der Waals surface area contributed by atoms with Gasteiger partial charge in [0.1, 0.15) is 16.7 Å². The Labute approximate surface area is 245 Å². The maximum atomic E-state index is 13.1. The normalized spacial score (nSPS) is 31.7. The highest BCUT2D eigenvalue weighted by atomic mass is 35.5. The summed E-state index contributed by atoms with van der Waals surface area (Å²) in [7, 11) is -1.49. The van der Waals surface area contributed by atoms with Crippen molar-refractivity contribution < 1.29 is 18.8 Å². The van der Waals surface area contributed by atoms with Gasteiger partial charge in [-0.05, 0) is 84.9 Å². The molecular weight excluding hydrogens is 544 g/mol. The van der Waals surface area contributed by atoms with E-state index < -0.39 is 17.1 Å². The molecule has 6 nitrogen and oxygen atoms in total. The van der Waals surface area contributed by atoms with Crippen molar-refractivity contribution in [1.82, 2.24) is 4.72 Å². The Balaban J connectivity index is 1.55. The van der Waals surface area contributed by atoms with Gasteiger partial charge in [-0.25, -0.2) is 4.21 Å². The van der Waals surface area contributed by atoms with E-state index in [1.807, 2.05) is 37.3 Å². The van der Waals surface area contributed by atoms with Gasteiger partial charge in [0.05, 0.1) is 18.4 Å². The molecule has 40 heavy (non-hydrogen) atoms. The molecule has 2 aliphatic heterocycles. The van der Waals surface area contributed by atoms with Crippen molar-refractivity contribution in [1.29, 1.82) is 0 Å². The van der Waals surface area contributed by atoms with Gasteiger partial charge in [-0.1, -0.05) is 57.0 Å². The van der Waals surface area contributed by atoms with E-state index in [2.05, 4.69) is 35.6 Å². The predicted octanol–water partition coefficient (Wildman–Crippen LogP) is 5.83. The number of aliphatic hydroxyl groups is 1. The minimum Gasteiger partial charge on any atom is -0.490 e. The van der Waals surface area contributed by atoms with Crippen LogP contribution >= 0.6 is 11.6 Å². The number of benzene rings is 2. The number of hydrogen-bond donors (Lipinski definition) is 2. The van der Waals surface area contributed by atoms with Crippen molar-refractivity contribution in [3.63, 3.8) is 0 Å². The second-order valence-corrected chi connectivity index (χ2v) is 13.8. The average molecular weight is 585 g/mol. The molecule has 0 saturated heterocycles. The summed E-state index contributed by atoms with van der Waals surface area (Å²) in [6.07, 6.45) is 8.11. The number of aliphatic hydroxyl groups excluding tert-OH is 1. The van der Waals surface area contributed by atoms with Gasteiger partial charge in [0, 0.05) is 34.8 Å². The lowest BCUT2D eigenvalue weighted by atomic mass is 9.70. The quantitative estimate of drug-likeness (QED) is 0.444. The van der Waals surface area contributed by atoms with E-state index in [1.165, 1.54) is 11.1 Å². The zero-order chi connectivity index (χ0) is 28.4. The minimum absolute atomic E-state index is 0.119. The zero-order valence-corrected chi connectivity index (χ0v) is 25.3. The number of aryl methyl sites for hydroxylation is 1. The van der Waals surface area contributed by atoms with Crippen LogP contribution in [0.25, 0.3) is 0 Å². The molecule has 0 radical (unpaired) electrons. The molecule has 216 valence electrons. The summed E-state index contributed by atoms with van der Waals surface area (Å²) < 4.78 is 21.9. The first-order valence-electron chi connectivity index (χ1n) is 14.5. The highest BCUT2D eigenvalue weighted by Gasteiger charge is 2.41. The fraction of sp³-hybridized carbons (Fsp3) is 0.531. The van der Waals surface area contributed by atoms with Crippen molar-refractivity contribution in [2.24, 2.45) is 17.8 Å². The first kappa shape index (κ1) is 29.2. The second kappa shape index (κ2) is 12.3. The Morgan fingerprint density at radius 1 is 1.23 bits per heavy atom. The van der Waals surface area contributed by atoms with E-state index in [9.17, 15) is 14.1 Å². The van der Waals surface area contributed by atoms with Gasteiger partial charge in [-0.15, -0.1) is 0 Å². The maximum Gasteiger partial charge on any atom is 0.263 e. The molecule has 0 aromatic heterocycles. The fourth-order valence-corrected chi connectivity index (χ4v) is 7.70. The summed E-state index contributed by atoms with van der Waals surface area (Å²) in [4.78, 5) is 15.5. The number of hydrogen-bond acceptors (Lipinski definition) is 5. The Morgan fingerprint density at radius 3 is 2.80 bits per heavy atom. The van der Waals surface area contributed by atoms with Crippen LogP contribution in [-0.2, 0) is 22.8 Å². The summed E-state index contributed by atoms with van der Waals surface area (Å²) in [6, 6.07) is 11.7. The molecule has 1 fully saturated rings. The molecule has 8 heteroatoms.